The predicted octanol–water partition coefficient (Wildman–Crippen LogP) is 3.92. The molecule has 1 heterocycles. The highest BCUT2D eigenvalue weighted by Gasteiger charge is 2.14. The minimum atomic E-state index is -0.996. The summed E-state index contributed by atoms with van der Waals surface area (Å²) in [6.07, 6.45) is 1.26. The number of nitrogens with zero attached hydrogens (tertiary/aromatic N) is 1. The molecule has 0 spiro atoms. The Kier molecular flexibility index (Phi) is 4.38. The van der Waals surface area contributed by atoms with Crippen LogP contribution in [0.1, 0.15) is 5.56 Å². The molecule has 1 aromatic heterocycles. The van der Waals surface area contributed by atoms with Crippen LogP contribution in [0.2, 0.25) is 15.1 Å². The summed E-state index contributed by atoms with van der Waals surface area (Å²) in [5, 5.41) is 9.97. The largest absolute Gasteiger partial charge is 0.481 e. The number of nitrogens with two attached hydrogens (primary N) is 1. The van der Waals surface area contributed by atoms with E-state index in [1.165, 1.54) is 6.20 Å². The molecule has 2 aromatic rings. The lowest BCUT2D eigenvalue weighted by Crippen LogP contribution is -2.05. The molecule has 4 nitrogen and oxygen atoms in total. The van der Waals surface area contributed by atoms with E-state index in [9.17, 15) is 4.79 Å². The molecular weight excluding hydrogens is 323 g/mol. The fourth-order valence-corrected chi connectivity index (χ4v) is 2.82. The summed E-state index contributed by atoms with van der Waals surface area (Å²) in [6.45, 7) is 0. The topological polar surface area (TPSA) is 76.2 Å². The smallest absolute Gasteiger partial charge is 0.307 e. The lowest BCUT2D eigenvalue weighted by Gasteiger charge is -2.10. The molecule has 0 bridgehead atoms. The molecule has 104 valence electrons. The zero-order chi connectivity index (χ0) is 14.9. The summed E-state index contributed by atoms with van der Waals surface area (Å²) in [6, 6.07) is 4.71. The molecule has 20 heavy (non-hydrogen) atoms. The van der Waals surface area contributed by atoms with Crippen LogP contribution in [0.5, 0.6) is 0 Å². The first-order chi connectivity index (χ1) is 9.38. The number of carboxylic acids is 1. The first-order valence-electron chi connectivity index (χ1n) is 5.49. The summed E-state index contributed by atoms with van der Waals surface area (Å²) < 4.78 is 0. The number of carboxylic acid groups (broad SMARTS) is 1. The van der Waals surface area contributed by atoms with Crippen molar-refractivity contribution < 1.29 is 9.90 Å². The van der Waals surface area contributed by atoms with Crippen molar-refractivity contribution in [2.75, 3.05) is 5.73 Å². The number of carbonyl (C=O) groups is 1. The third-order valence-electron chi connectivity index (χ3n) is 2.64. The lowest BCUT2D eigenvalue weighted by molar-refractivity contribution is -0.136. The Morgan fingerprint density at radius 1 is 1.20 bits per heavy atom. The lowest BCUT2D eigenvalue weighted by atomic mass is 10.0. The Balaban J connectivity index is 2.56. The fourth-order valence-electron chi connectivity index (χ4n) is 1.78. The zero-order valence-corrected chi connectivity index (χ0v) is 12.3. The summed E-state index contributed by atoms with van der Waals surface area (Å²) in [5.41, 5.74) is 7.18. The van der Waals surface area contributed by atoms with Gasteiger partial charge in [0.25, 0.3) is 0 Å². The number of pyridine rings is 1. The first-order valence-corrected chi connectivity index (χ1v) is 6.63. The quantitative estimate of drug-likeness (QED) is 0.893. The number of anilines is 1. The van der Waals surface area contributed by atoms with Gasteiger partial charge in [0.05, 0.1) is 16.5 Å². The second kappa shape index (κ2) is 5.87. The Bertz CT molecular complexity index is 666. The van der Waals surface area contributed by atoms with Crippen molar-refractivity contribution >= 4 is 46.6 Å². The summed E-state index contributed by atoms with van der Waals surface area (Å²) >= 11 is 18.1. The van der Waals surface area contributed by atoms with Gasteiger partial charge < -0.3 is 10.8 Å². The van der Waals surface area contributed by atoms with Crippen LogP contribution in [0.3, 0.4) is 0 Å². The highest BCUT2D eigenvalue weighted by atomic mass is 35.5. The highest BCUT2D eigenvalue weighted by molar-refractivity contribution is 6.41. The van der Waals surface area contributed by atoms with Gasteiger partial charge in [-0.15, -0.1) is 0 Å². The van der Waals surface area contributed by atoms with Crippen LogP contribution in [0.4, 0.5) is 5.82 Å². The van der Waals surface area contributed by atoms with Gasteiger partial charge in [0.15, 0.2) is 0 Å². The van der Waals surface area contributed by atoms with Gasteiger partial charge in [-0.2, -0.15) is 0 Å². The average molecular weight is 332 g/mol. The maximum Gasteiger partial charge on any atom is 0.307 e. The molecule has 0 unspecified atom stereocenters. The molecule has 2 rings (SSSR count). The summed E-state index contributed by atoms with van der Waals surface area (Å²) in [7, 11) is 0. The van der Waals surface area contributed by atoms with Crippen molar-refractivity contribution in [1.82, 2.24) is 4.98 Å². The fraction of sp³-hybridized carbons (Fsp3) is 0.0769. The third kappa shape index (κ3) is 3.15. The number of aliphatic carboxylic acids is 1. The number of hydrogen-bond donors (Lipinski definition) is 2. The minimum Gasteiger partial charge on any atom is -0.481 e. The second-order valence-corrected chi connectivity index (χ2v) is 5.33. The van der Waals surface area contributed by atoms with E-state index in [1.807, 2.05) is 0 Å². The molecule has 0 aliphatic carbocycles. The molecule has 0 radical (unpaired) electrons. The maximum atomic E-state index is 10.8. The Hall–Kier alpha value is -1.49. The number of hydrogen-bond acceptors (Lipinski definition) is 3. The van der Waals surface area contributed by atoms with Crippen LogP contribution in [0.25, 0.3) is 11.1 Å². The SMILES string of the molecule is Nc1ncc(-c2c(Cl)cc(Cl)cc2Cl)cc1CC(=O)O. The molecule has 7 heteroatoms. The van der Waals surface area contributed by atoms with Crippen LogP contribution in [-0.2, 0) is 11.2 Å². The number of nitrogen functional groups attached to an aromatic ring is 1. The molecule has 0 aliphatic rings. The van der Waals surface area contributed by atoms with Gasteiger partial charge >= 0.3 is 5.97 Å². The average Bonchev–Trinajstić information content (AvgIpc) is 2.31. The molecule has 0 aliphatic heterocycles. The molecule has 0 atom stereocenters. The van der Waals surface area contributed by atoms with E-state index in [0.717, 1.165) is 0 Å². The van der Waals surface area contributed by atoms with Gasteiger partial charge in [0, 0.05) is 27.9 Å². The van der Waals surface area contributed by atoms with Gasteiger partial charge in [-0.25, -0.2) is 4.98 Å². The molecule has 0 fully saturated rings. The molecule has 0 amide bonds. The van der Waals surface area contributed by atoms with Crippen molar-refractivity contribution in [2.45, 2.75) is 6.42 Å². The molecular formula is C13H9Cl3N2O2. The Morgan fingerprint density at radius 2 is 1.80 bits per heavy atom. The standard InChI is InChI=1S/C13H9Cl3N2O2/c14-8-3-9(15)12(10(16)4-8)7-1-6(2-11(19)20)13(17)18-5-7/h1,3-5H,2H2,(H2,17,18)(H,19,20). The maximum absolute atomic E-state index is 10.8. The number of halogens is 3. The van der Waals surface area contributed by atoms with Gasteiger partial charge in [0.2, 0.25) is 0 Å². The van der Waals surface area contributed by atoms with Gasteiger partial charge in [-0.3, -0.25) is 4.79 Å². The van der Waals surface area contributed by atoms with Gasteiger partial charge in [-0.1, -0.05) is 34.8 Å². The third-order valence-corrected chi connectivity index (χ3v) is 3.45. The van der Waals surface area contributed by atoms with Crippen LogP contribution >= 0.6 is 34.8 Å². The van der Waals surface area contributed by atoms with Crippen LogP contribution in [0.15, 0.2) is 24.4 Å². The molecule has 1 aromatic carbocycles. The predicted molar refractivity (Wildman–Crippen MR) is 80.5 cm³/mol. The van der Waals surface area contributed by atoms with Crippen molar-refractivity contribution in [3.63, 3.8) is 0 Å². The van der Waals surface area contributed by atoms with Crippen LogP contribution < -0.4 is 5.73 Å². The highest BCUT2D eigenvalue weighted by Crippen LogP contribution is 2.37. The normalized spacial score (nSPS) is 10.6. The van der Waals surface area contributed by atoms with Crippen LogP contribution in [0, 0.1) is 0 Å². The number of benzene rings is 1. The second-order valence-electron chi connectivity index (χ2n) is 4.08. The van der Waals surface area contributed by atoms with Crippen molar-refractivity contribution in [3.8, 4) is 11.1 Å². The van der Waals surface area contributed by atoms with E-state index in [0.29, 0.717) is 31.8 Å². The summed E-state index contributed by atoms with van der Waals surface area (Å²) in [4.78, 5) is 14.8. The summed E-state index contributed by atoms with van der Waals surface area (Å²) in [5.74, 6) is -0.832. The zero-order valence-electron chi connectivity index (χ0n) is 10.0. The van der Waals surface area contributed by atoms with E-state index in [2.05, 4.69) is 4.98 Å². The number of rotatable bonds is 3. The van der Waals surface area contributed by atoms with E-state index in [4.69, 9.17) is 45.6 Å². The van der Waals surface area contributed by atoms with E-state index >= 15 is 0 Å². The molecule has 0 saturated carbocycles. The van der Waals surface area contributed by atoms with Crippen molar-refractivity contribution in [2.24, 2.45) is 0 Å². The van der Waals surface area contributed by atoms with E-state index < -0.39 is 5.97 Å². The molecule has 3 N–H and O–H groups in total. The van der Waals surface area contributed by atoms with Crippen LogP contribution in [-0.4, -0.2) is 16.1 Å². The Labute approximate surface area is 130 Å². The van der Waals surface area contributed by atoms with Crippen molar-refractivity contribution in [1.29, 1.82) is 0 Å². The van der Waals surface area contributed by atoms with Crippen molar-refractivity contribution in [3.05, 3.63) is 45.0 Å². The van der Waals surface area contributed by atoms with E-state index in [-0.39, 0.29) is 12.2 Å². The van der Waals surface area contributed by atoms with Gasteiger partial charge in [-0.05, 0) is 18.2 Å². The van der Waals surface area contributed by atoms with E-state index in [1.54, 1.807) is 18.2 Å². The Morgan fingerprint density at radius 3 is 2.35 bits per heavy atom. The van der Waals surface area contributed by atoms with Gasteiger partial charge in [0.1, 0.15) is 5.82 Å². The number of aromatic nitrogens is 1. The monoisotopic (exact) mass is 330 g/mol. The first kappa shape index (κ1) is 14.9. The minimum absolute atomic E-state index is 0.164. The molecule has 0 saturated heterocycles.